The second kappa shape index (κ2) is 38.2. The smallest absolute Gasteiger partial charge is 0.393 e. The minimum atomic E-state index is -4.39. The zero-order chi connectivity index (χ0) is 38.4. The second-order valence-corrected chi connectivity index (χ2v) is 16.2. The molecule has 0 aliphatic carbocycles. The van der Waals surface area contributed by atoms with Gasteiger partial charge in [0.15, 0.2) is 0 Å². The molecule has 0 bridgehead atoms. The summed E-state index contributed by atoms with van der Waals surface area (Å²) in [6.45, 7) is 3.94. The topological polar surface area (TPSA) is 151 Å². The number of hydrogen-bond donors (Lipinski definition) is 5. The minimum Gasteiger partial charge on any atom is -0.393 e. The molecule has 0 spiro atoms. The molecule has 308 valence electrons. The van der Waals surface area contributed by atoms with Gasteiger partial charge in [-0.3, -0.25) is 13.8 Å². The summed E-state index contributed by atoms with van der Waals surface area (Å²) in [6.07, 6.45) is 39.9. The van der Waals surface area contributed by atoms with Gasteiger partial charge in [0.05, 0.1) is 37.9 Å². The van der Waals surface area contributed by atoms with Crippen LogP contribution in [-0.2, 0) is 18.4 Å². The molecule has 9 nitrogen and oxygen atoms in total. The summed E-state index contributed by atoms with van der Waals surface area (Å²) in [5.41, 5.74) is 5.34. The number of unbranched alkanes of at least 4 members (excludes halogenated alkanes) is 24. The molecule has 0 aromatic heterocycles. The number of aliphatic hydroxyl groups excluding tert-OH is 2. The lowest BCUT2D eigenvalue weighted by Gasteiger charge is -2.24. The number of nitrogens with two attached hydrogens (primary N) is 1. The van der Waals surface area contributed by atoms with Crippen molar-refractivity contribution in [1.82, 2.24) is 5.32 Å². The first kappa shape index (κ1) is 50.9. The van der Waals surface area contributed by atoms with E-state index in [1.54, 1.807) is 6.08 Å². The highest BCUT2D eigenvalue weighted by atomic mass is 31.2. The van der Waals surface area contributed by atoms with Gasteiger partial charge >= 0.3 is 7.82 Å². The number of aliphatic hydroxyl groups is 2. The Kier molecular flexibility index (Phi) is 37.4. The Balaban J connectivity index is 4.17. The number of carbonyl (C=O) groups is 1. The highest BCUT2D eigenvalue weighted by Crippen LogP contribution is 2.43. The van der Waals surface area contributed by atoms with Crippen LogP contribution in [-0.4, -0.2) is 59.0 Å². The van der Waals surface area contributed by atoms with E-state index in [9.17, 15) is 24.5 Å². The Morgan fingerprint density at radius 2 is 1.08 bits per heavy atom. The Morgan fingerprint density at radius 1 is 0.654 bits per heavy atom. The molecule has 6 N–H and O–H groups in total. The van der Waals surface area contributed by atoms with Crippen molar-refractivity contribution >= 4 is 13.7 Å². The van der Waals surface area contributed by atoms with E-state index in [2.05, 4.69) is 31.3 Å². The average molecular weight is 759 g/mol. The summed E-state index contributed by atoms with van der Waals surface area (Å²) >= 11 is 0. The van der Waals surface area contributed by atoms with E-state index < -0.39 is 38.6 Å². The van der Waals surface area contributed by atoms with Gasteiger partial charge in [0.25, 0.3) is 0 Å². The average Bonchev–Trinajstić information content (AvgIpc) is 3.12. The molecule has 10 heteroatoms. The molecule has 0 saturated carbocycles. The molecule has 1 amide bonds. The van der Waals surface area contributed by atoms with Crippen LogP contribution in [0.2, 0.25) is 0 Å². The maximum Gasteiger partial charge on any atom is 0.472 e. The standard InChI is InChI=1S/C42H83N2O7P/c1-3-5-7-9-11-13-14-15-16-17-18-19-20-21-22-23-24-26-27-29-31-33-39(45)37-42(47)44-40(38-51-52(48,49)50-36-35-43)41(46)34-32-30-28-25-12-10-8-6-4-2/h21-22,32,34,39-41,45-46H,3-20,23-31,33,35-38,43H2,1-2H3,(H,44,47)(H,48,49)/b22-21-,34-32+. The van der Waals surface area contributed by atoms with Gasteiger partial charge in [-0.25, -0.2) is 4.57 Å². The number of carbonyl (C=O) groups excluding carboxylic acids is 1. The first-order valence-electron chi connectivity index (χ1n) is 21.5. The van der Waals surface area contributed by atoms with Gasteiger partial charge in [-0.1, -0.05) is 173 Å². The molecule has 52 heavy (non-hydrogen) atoms. The van der Waals surface area contributed by atoms with Crippen molar-refractivity contribution in [2.75, 3.05) is 19.8 Å². The number of rotatable bonds is 40. The SMILES string of the molecule is CCCCCCCCC/C=C/C(O)C(COP(=O)(O)OCCN)NC(=O)CC(O)CCCCCCC/C=C\CCCCCCCCCCCCCC. The van der Waals surface area contributed by atoms with Crippen molar-refractivity contribution < 1.29 is 33.5 Å². The number of allylic oxidation sites excluding steroid dienone is 3. The monoisotopic (exact) mass is 759 g/mol. The molecule has 0 aliphatic rings. The van der Waals surface area contributed by atoms with Gasteiger partial charge in [-0.15, -0.1) is 0 Å². The molecule has 0 heterocycles. The molecule has 4 atom stereocenters. The van der Waals surface area contributed by atoms with E-state index in [0.717, 1.165) is 51.4 Å². The molecular weight excluding hydrogens is 675 g/mol. The van der Waals surface area contributed by atoms with Crippen LogP contribution in [0, 0.1) is 0 Å². The van der Waals surface area contributed by atoms with Gasteiger partial charge in [-0.05, 0) is 44.9 Å². The molecular formula is C42H83N2O7P. The van der Waals surface area contributed by atoms with Crippen molar-refractivity contribution in [1.29, 1.82) is 0 Å². The number of phosphoric acid groups is 1. The molecule has 0 saturated heterocycles. The fourth-order valence-electron chi connectivity index (χ4n) is 6.29. The largest absolute Gasteiger partial charge is 0.472 e. The lowest BCUT2D eigenvalue weighted by Crippen LogP contribution is -2.46. The minimum absolute atomic E-state index is 0.0484. The van der Waals surface area contributed by atoms with E-state index in [-0.39, 0.29) is 19.6 Å². The maximum atomic E-state index is 12.8. The van der Waals surface area contributed by atoms with Gasteiger partial charge in [0, 0.05) is 6.54 Å². The van der Waals surface area contributed by atoms with Crippen LogP contribution in [0.25, 0.3) is 0 Å². The summed E-state index contributed by atoms with van der Waals surface area (Å²) in [5.74, 6) is -0.452. The zero-order valence-corrected chi connectivity index (χ0v) is 34.6. The van der Waals surface area contributed by atoms with Crippen molar-refractivity contribution in [3.8, 4) is 0 Å². The second-order valence-electron chi connectivity index (χ2n) is 14.7. The van der Waals surface area contributed by atoms with Crippen LogP contribution in [0.4, 0.5) is 0 Å². The van der Waals surface area contributed by atoms with Crippen LogP contribution in [0.15, 0.2) is 24.3 Å². The van der Waals surface area contributed by atoms with Gasteiger partial charge in [0.2, 0.25) is 5.91 Å². The van der Waals surface area contributed by atoms with E-state index in [1.807, 2.05) is 6.08 Å². The molecule has 0 radical (unpaired) electrons. The summed E-state index contributed by atoms with van der Waals surface area (Å²) < 4.78 is 22.0. The van der Waals surface area contributed by atoms with Crippen LogP contribution in [0.3, 0.4) is 0 Å². The van der Waals surface area contributed by atoms with Crippen LogP contribution in [0.5, 0.6) is 0 Å². The van der Waals surface area contributed by atoms with E-state index in [0.29, 0.717) is 6.42 Å². The lowest BCUT2D eigenvalue weighted by molar-refractivity contribution is -0.124. The summed E-state index contributed by atoms with van der Waals surface area (Å²) in [7, 11) is -4.39. The number of nitrogens with one attached hydrogen (secondary N) is 1. The first-order chi connectivity index (χ1) is 25.3. The number of hydrogen-bond acceptors (Lipinski definition) is 7. The van der Waals surface area contributed by atoms with Crippen LogP contribution >= 0.6 is 7.82 Å². The van der Waals surface area contributed by atoms with Crippen molar-refractivity contribution in [2.24, 2.45) is 5.73 Å². The zero-order valence-electron chi connectivity index (χ0n) is 33.7. The Labute approximate surface area is 320 Å². The summed E-state index contributed by atoms with van der Waals surface area (Å²) in [4.78, 5) is 22.7. The van der Waals surface area contributed by atoms with Gasteiger partial charge in [0.1, 0.15) is 0 Å². The fourth-order valence-corrected chi connectivity index (χ4v) is 7.05. The Morgan fingerprint density at radius 3 is 1.54 bits per heavy atom. The van der Waals surface area contributed by atoms with Crippen LogP contribution < -0.4 is 11.1 Å². The van der Waals surface area contributed by atoms with Crippen molar-refractivity contribution in [2.45, 2.75) is 218 Å². The third kappa shape index (κ3) is 35.9. The Bertz CT molecular complexity index is 888. The normalized spacial score (nSPS) is 15.0. The molecule has 4 unspecified atom stereocenters. The van der Waals surface area contributed by atoms with Crippen molar-refractivity contribution in [3.63, 3.8) is 0 Å². The molecule has 0 aliphatic heterocycles. The molecule has 0 aromatic carbocycles. The van der Waals surface area contributed by atoms with Crippen molar-refractivity contribution in [3.05, 3.63) is 24.3 Å². The summed E-state index contributed by atoms with van der Waals surface area (Å²) in [6, 6.07) is -0.981. The molecule has 0 aromatic rings. The van der Waals surface area contributed by atoms with Crippen LogP contribution in [0.1, 0.15) is 200 Å². The quantitative estimate of drug-likeness (QED) is 0.0235. The maximum absolute atomic E-state index is 12.8. The third-order valence-corrected chi connectivity index (χ3v) is 10.6. The molecule has 0 rings (SSSR count). The highest BCUT2D eigenvalue weighted by molar-refractivity contribution is 7.47. The first-order valence-corrected chi connectivity index (χ1v) is 23.0. The predicted molar refractivity (Wildman–Crippen MR) is 218 cm³/mol. The number of phosphoric ester groups is 1. The van der Waals surface area contributed by atoms with E-state index in [1.165, 1.54) is 122 Å². The molecule has 0 fully saturated rings. The summed E-state index contributed by atoms with van der Waals surface area (Å²) in [5, 5.41) is 23.9. The number of amides is 1. The Hall–Kier alpha value is -1.06. The van der Waals surface area contributed by atoms with E-state index >= 15 is 0 Å². The predicted octanol–water partition coefficient (Wildman–Crippen LogP) is 10.8. The third-order valence-electron chi connectivity index (χ3n) is 9.58. The van der Waals surface area contributed by atoms with Gasteiger partial charge < -0.3 is 26.2 Å². The van der Waals surface area contributed by atoms with Gasteiger partial charge in [-0.2, -0.15) is 0 Å². The fraction of sp³-hybridized carbons (Fsp3) is 0.881. The highest BCUT2D eigenvalue weighted by Gasteiger charge is 2.27. The van der Waals surface area contributed by atoms with E-state index in [4.69, 9.17) is 14.8 Å². The lowest BCUT2D eigenvalue weighted by atomic mass is 10.0.